The first-order valence-electron chi connectivity index (χ1n) is 6.97. The molecule has 1 N–H and O–H groups in total. The van der Waals surface area contributed by atoms with Crippen LogP contribution in [-0.2, 0) is 4.74 Å². The topological polar surface area (TPSA) is 24.5 Å². The van der Waals surface area contributed by atoms with Crippen LogP contribution in [0, 0.1) is 5.92 Å². The van der Waals surface area contributed by atoms with E-state index in [-0.39, 0.29) is 5.54 Å². The lowest BCUT2D eigenvalue weighted by atomic mass is 10.00. The molecule has 1 heterocycles. The second-order valence-corrected chi connectivity index (χ2v) is 6.44. The second-order valence-electron chi connectivity index (χ2n) is 6.44. The Kier molecular flexibility index (Phi) is 5.90. The molecule has 0 spiro atoms. The fraction of sp³-hybridized carbons (Fsp3) is 1.00. The van der Waals surface area contributed by atoms with Gasteiger partial charge in [0.25, 0.3) is 0 Å². The molecule has 102 valence electrons. The lowest BCUT2D eigenvalue weighted by Gasteiger charge is -2.35. The van der Waals surface area contributed by atoms with E-state index < -0.39 is 0 Å². The number of ether oxygens (including phenoxy) is 1. The standard InChI is InChI=1S/C14H30N2O/c1-12(2)13(11-15-14(3,4)5)16-7-6-9-17-10-8-16/h12-13,15H,6-11H2,1-5H3. The van der Waals surface area contributed by atoms with E-state index in [4.69, 9.17) is 4.74 Å². The molecule has 1 atom stereocenters. The molecule has 0 aliphatic carbocycles. The largest absolute Gasteiger partial charge is 0.380 e. The molecule has 3 nitrogen and oxygen atoms in total. The SMILES string of the molecule is CC(C)C(CNC(C)(C)C)N1CCCOCC1. The molecular weight excluding hydrogens is 212 g/mol. The van der Waals surface area contributed by atoms with E-state index in [9.17, 15) is 0 Å². The first-order valence-corrected chi connectivity index (χ1v) is 6.97. The maximum Gasteiger partial charge on any atom is 0.0593 e. The van der Waals surface area contributed by atoms with Crippen molar-refractivity contribution in [1.29, 1.82) is 0 Å². The molecule has 0 saturated carbocycles. The second kappa shape index (κ2) is 6.72. The zero-order chi connectivity index (χ0) is 12.9. The lowest BCUT2D eigenvalue weighted by molar-refractivity contribution is 0.116. The van der Waals surface area contributed by atoms with Crippen molar-refractivity contribution in [1.82, 2.24) is 10.2 Å². The van der Waals surface area contributed by atoms with Gasteiger partial charge >= 0.3 is 0 Å². The average Bonchev–Trinajstić information content (AvgIpc) is 2.44. The quantitative estimate of drug-likeness (QED) is 0.817. The van der Waals surface area contributed by atoms with Crippen LogP contribution in [0.1, 0.15) is 41.0 Å². The summed E-state index contributed by atoms with van der Waals surface area (Å²) in [5.41, 5.74) is 0.204. The van der Waals surface area contributed by atoms with Crippen LogP contribution in [0.3, 0.4) is 0 Å². The van der Waals surface area contributed by atoms with Crippen LogP contribution < -0.4 is 5.32 Å². The normalized spacial score (nSPS) is 21.5. The molecule has 1 saturated heterocycles. The Hall–Kier alpha value is -0.120. The first-order chi connectivity index (χ1) is 7.90. The summed E-state index contributed by atoms with van der Waals surface area (Å²) in [7, 11) is 0. The molecule has 0 aromatic carbocycles. The molecule has 0 bridgehead atoms. The van der Waals surface area contributed by atoms with Crippen molar-refractivity contribution in [3.63, 3.8) is 0 Å². The van der Waals surface area contributed by atoms with Gasteiger partial charge in [0.2, 0.25) is 0 Å². The van der Waals surface area contributed by atoms with Gasteiger partial charge in [0, 0.05) is 37.8 Å². The van der Waals surface area contributed by atoms with Crippen LogP contribution in [0.25, 0.3) is 0 Å². The highest BCUT2D eigenvalue weighted by atomic mass is 16.5. The average molecular weight is 242 g/mol. The summed E-state index contributed by atoms with van der Waals surface area (Å²) >= 11 is 0. The monoisotopic (exact) mass is 242 g/mol. The van der Waals surface area contributed by atoms with Gasteiger partial charge in [-0.25, -0.2) is 0 Å². The fourth-order valence-corrected chi connectivity index (χ4v) is 2.29. The third kappa shape index (κ3) is 5.84. The molecule has 0 aromatic heterocycles. The first kappa shape index (κ1) is 14.9. The summed E-state index contributed by atoms with van der Waals surface area (Å²) in [6.07, 6.45) is 1.17. The highest BCUT2D eigenvalue weighted by Crippen LogP contribution is 2.14. The van der Waals surface area contributed by atoms with Gasteiger partial charge in [-0.3, -0.25) is 4.90 Å². The number of hydrogen-bond donors (Lipinski definition) is 1. The Labute approximate surface area is 107 Å². The Bertz CT molecular complexity index is 203. The maximum atomic E-state index is 5.54. The predicted molar refractivity (Wildman–Crippen MR) is 73.4 cm³/mol. The smallest absolute Gasteiger partial charge is 0.0593 e. The van der Waals surface area contributed by atoms with Gasteiger partial charge in [-0.05, 0) is 33.1 Å². The minimum absolute atomic E-state index is 0.204. The van der Waals surface area contributed by atoms with Gasteiger partial charge in [0.15, 0.2) is 0 Å². The van der Waals surface area contributed by atoms with Crippen molar-refractivity contribution in [2.45, 2.75) is 52.6 Å². The fourth-order valence-electron chi connectivity index (χ4n) is 2.29. The van der Waals surface area contributed by atoms with Crippen LogP contribution >= 0.6 is 0 Å². The Balaban J connectivity index is 2.51. The van der Waals surface area contributed by atoms with E-state index in [1.54, 1.807) is 0 Å². The summed E-state index contributed by atoms with van der Waals surface area (Å²) in [6, 6.07) is 0.621. The zero-order valence-electron chi connectivity index (χ0n) is 12.3. The molecule has 1 fully saturated rings. The van der Waals surface area contributed by atoms with Crippen molar-refractivity contribution in [3.8, 4) is 0 Å². The molecule has 0 amide bonds. The third-order valence-corrected chi connectivity index (χ3v) is 3.34. The number of nitrogens with zero attached hydrogens (tertiary/aromatic N) is 1. The Morgan fingerprint density at radius 1 is 1.18 bits per heavy atom. The Morgan fingerprint density at radius 2 is 1.88 bits per heavy atom. The van der Waals surface area contributed by atoms with Crippen LogP contribution in [0.2, 0.25) is 0 Å². The van der Waals surface area contributed by atoms with Crippen molar-refractivity contribution in [3.05, 3.63) is 0 Å². The minimum Gasteiger partial charge on any atom is -0.380 e. The minimum atomic E-state index is 0.204. The molecule has 0 aromatic rings. The summed E-state index contributed by atoms with van der Waals surface area (Å²) < 4.78 is 5.54. The summed E-state index contributed by atoms with van der Waals surface area (Å²) in [6.45, 7) is 16.5. The van der Waals surface area contributed by atoms with E-state index in [1.807, 2.05) is 0 Å². The molecule has 0 radical (unpaired) electrons. The van der Waals surface area contributed by atoms with Gasteiger partial charge in [-0.2, -0.15) is 0 Å². The van der Waals surface area contributed by atoms with Crippen LogP contribution in [0.5, 0.6) is 0 Å². The van der Waals surface area contributed by atoms with Crippen LogP contribution in [-0.4, -0.2) is 49.3 Å². The van der Waals surface area contributed by atoms with Gasteiger partial charge in [-0.15, -0.1) is 0 Å². The molecule has 3 heteroatoms. The number of nitrogens with one attached hydrogen (secondary N) is 1. The number of rotatable bonds is 4. The molecule has 1 aliphatic rings. The Morgan fingerprint density at radius 3 is 2.47 bits per heavy atom. The van der Waals surface area contributed by atoms with Crippen LogP contribution in [0.15, 0.2) is 0 Å². The maximum absolute atomic E-state index is 5.54. The van der Waals surface area contributed by atoms with Crippen molar-refractivity contribution in [2.75, 3.05) is 32.8 Å². The summed E-state index contributed by atoms with van der Waals surface area (Å²) in [5.74, 6) is 0.683. The van der Waals surface area contributed by atoms with Crippen molar-refractivity contribution < 1.29 is 4.74 Å². The lowest BCUT2D eigenvalue weighted by Crippen LogP contribution is -2.50. The number of hydrogen-bond acceptors (Lipinski definition) is 3. The van der Waals surface area contributed by atoms with E-state index in [2.05, 4.69) is 44.8 Å². The third-order valence-electron chi connectivity index (χ3n) is 3.34. The van der Waals surface area contributed by atoms with Gasteiger partial charge in [0.05, 0.1) is 6.61 Å². The van der Waals surface area contributed by atoms with Gasteiger partial charge < -0.3 is 10.1 Å². The van der Waals surface area contributed by atoms with Gasteiger partial charge in [0.1, 0.15) is 0 Å². The van der Waals surface area contributed by atoms with E-state index in [0.29, 0.717) is 12.0 Å². The highest BCUT2D eigenvalue weighted by Gasteiger charge is 2.24. The molecular formula is C14H30N2O. The molecule has 1 aliphatic heterocycles. The van der Waals surface area contributed by atoms with E-state index in [0.717, 1.165) is 26.3 Å². The van der Waals surface area contributed by atoms with E-state index in [1.165, 1.54) is 13.0 Å². The molecule has 17 heavy (non-hydrogen) atoms. The molecule has 1 unspecified atom stereocenters. The van der Waals surface area contributed by atoms with Crippen molar-refractivity contribution >= 4 is 0 Å². The molecule has 1 rings (SSSR count). The van der Waals surface area contributed by atoms with E-state index >= 15 is 0 Å². The zero-order valence-corrected chi connectivity index (χ0v) is 12.3. The summed E-state index contributed by atoms with van der Waals surface area (Å²) in [4.78, 5) is 2.59. The van der Waals surface area contributed by atoms with Crippen LogP contribution in [0.4, 0.5) is 0 Å². The predicted octanol–water partition coefficient (Wildman–Crippen LogP) is 2.12. The summed E-state index contributed by atoms with van der Waals surface area (Å²) in [5, 5.41) is 3.64. The highest BCUT2D eigenvalue weighted by molar-refractivity contribution is 4.82. The van der Waals surface area contributed by atoms with Gasteiger partial charge in [-0.1, -0.05) is 13.8 Å². The van der Waals surface area contributed by atoms with Crippen molar-refractivity contribution in [2.24, 2.45) is 5.92 Å².